The van der Waals surface area contributed by atoms with Crippen LogP contribution < -0.4 is 0 Å². The molecule has 8 heteroatoms. The molecule has 26 heavy (non-hydrogen) atoms. The number of nitrogens with zero attached hydrogens (tertiary/aromatic N) is 2. The summed E-state index contributed by atoms with van der Waals surface area (Å²) >= 11 is 6.30. The van der Waals surface area contributed by atoms with Crippen LogP contribution in [0.3, 0.4) is 0 Å². The number of aromatic nitrogens is 1. The van der Waals surface area contributed by atoms with Crippen LogP contribution in [-0.2, 0) is 11.2 Å². The van der Waals surface area contributed by atoms with E-state index in [0.717, 1.165) is 19.2 Å². The lowest BCUT2D eigenvalue weighted by atomic mass is 10.0. The maximum absolute atomic E-state index is 12.9. The largest absolute Gasteiger partial charge is 0.460 e. The highest BCUT2D eigenvalue weighted by Crippen LogP contribution is 2.33. The van der Waals surface area contributed by atoms with Gasteiger partial charge in [0.15, 0.2) is 5.69 Å². The number of carbonyl (C=O) groups excluding carboxylic acids is 1. The van der Waals surface area contributed by atoms with Gasteiger partial charge in [-0.2, -0.15) is 5.26 Å². The Labute approximate surface area is 166 Å². The van der Waals surface area contributed by atoms with E-state index in [1.165, 1.54) is 34.8 Å². The van der Waals surface area contributed by atoms with E-state index in [1.807, 2.05) is 12.1 Å². The summed E-state index contributed by atoms with van der Waals surface area (Å²) < 4.78 is 19.2. The average Bonchev–Trinajstić information content (AvgIpc) is 3.29. The van der Waals surface area contributed by atoms with Gasteiger partial charge in [0.2, 0.25) is 0 Å². The predicted octanol–water partition coefficient (Wildman–Crippen LogP) is 5.31. The molecule has 132 valence electrons. The lowest BCUT2D eigenvalue weighted by Crippen LogP contribution is -2.15. The summed E-state index contributed by atoms with van der Waals surface area (Å²) in [6.07, 6.45) is 0.385. The average molecular weight is 451 g/mol. The highest BCUT2D eigenvalue weighted by molar-refractivity contribution is 9.11. The number of carbonyl (C=O) groups is 1. The molecule has 0 amide bonds. The molecule has 2 aromatic heterocycles. The van der Waals surface area contributed by atoms with Gasteiger partial charge in [-0.3, -0.25) is 0 Å². The van der Waals surface area contributed by atoms with Crippen molar-refractivity contribution >= 4 is 44.6 Å². The summed E-state index contributed by atoms with van der Waals surface area (Å²) in [5, 5.41) is 11.6. The van der Waals surface area contributed by atoms with Gasteiger partial charge in [0, 0.05) is 5.38 Å². The first kappa shape index (κ1) is 18.7. The number of hydrogen-bond acceptors (Lipinski definition) is 6. The van der Waals surface area contributed by atoms with Crippen molar-refractivity contribution in [1.82, 2.24) is 4.98 Å². The standard InChI is InChI=1S/C18H12BrFN2O2S2/c19-16-6-5-15(26-16)17-22-14(10-25-17)18(23)24-9-12(8-21)7-11-1-3-13(20)4-2-11/h1-6,10,12H,7,9H2. The molecule has 0 aliphatic rings. The summed E-state index contributed by atoms with van der Waals surface area (Å²) in [5.41, 5.74) is 1.04. The molecular formula is C18H12BrFN2O2S2. The van der Waals surface area contributed by atoms with Gasteiger partial charge in [0.05, 0.1) is 20.7 Å². The molecular weight excluding hydrogens is 439 g/mol. The van der Waals surface area contributed by atoms with Gasteiger partial charge in [-0.1, -0.05) is 12.1 Å². The molecule has 0 fully saturated rings. The molecule has 0 bridgehead atoms. The van der Waals surface area contributed by atoms with Crippen molar-refractivity contribution in [3.8, 4) is 16.0 Å². The Morgan fingerprint density at radius 2 is 2.08 bits per heavy atom. The number of ether oxygens (including phenoxy) is 1. The van der Waals surface area contributed by atoms with Crippen LogP contribution in [0, 0.1) is 23.1 Å². The van der Waals surface area contributed by atoms with Crippen LogP contribution in [0.15, 0.2) is 45.6 Å². The fraction of sp³-hybridized carbons (Fsp3) is 0.167. The van der Waals surface area contributed by atoms with Crippen molar-refractivity contribution in [3.63, 3.8) is 0 Å². The fourth-order valence-electron chi connectivity index (χ4n) is 2.21. The van der Waals surface area contributed by atoms with Crippen molar-refractivity contribution in [2.24, 2.45) is 5.92 Å². The van der Waals surface area contributed by atoms with Gasteiger partial charge >= 0.3 is 5.97 Å². The van der Waals surface area contributed by atoms with Crippen LogP contribution in [-0.4, -0.2) is 17.6 Å². The maximum atomic E-state index is 12.9. The van der Waals surface area contributed by atoms with Gasteiger partial charge in [0.1, 0.15) is 17.4 Å². The predicted molar refractivity (Wildman–Crippen MR) is 103 cm³/mol. The van der Waals surface area contributed by atoms with E-state index in [9.17, 15) is 14.4 Å². The summed E-state index contributed by atoms with van der Waals surface area (Å²) in [4.78, 5) is 17.4. The Bertz CT molecular complexity index is 947. The summed E-state index contributed by atoms with van der Waals surface area (Å²) in [7, 11) is 0. The zero-order chi connectivity index (χ0) is 18.5. The Morgan fingerprint density at radius 1 is 1.31 bits per heavy atom. The van der Waals surface area contributed by atoms with Crippen LogP contribution in [0.25, 0.3) is 9.88 Å². The number of esters is 1. The van der Waals surface area contributed by atoms with Crippen LogP contribution in [0.1, 0.15) is 16.1 Å². The van der Waals surface area contributed by atoms with Gasteiger partial charge in [0.25, 0.3) is 0 Å². The molecule has 0 N–H and O–H groups in total. The molecule has 3 aromatic rings. The quantitative estimate of drug-likeness (QED) is 0.477. The van der Waals surface area contributed by atoms with Crippen molar-refractivity contribution in [2.75, 3.05) is 6.61 Å². The second-order valence-corrected chi connectivity index (χ2v) is 8.72. The molecule has 1 atom stereocenters. The number of nitriles is 1. The molecule has 0 saturated heterocycles. The third-order valence-corrected chi connectivity index (χ3v) is 6.13. The Balaban J connectivity index is 1.58. The molecule has 0 aliphatic heterocycles. The minimum atomic E-state index is -0.553. The number of rotatable bonds is 6. The van der Waals surface area contributed by atoms with Crippen molar-refractivity contribution < 1.29 is 13.9 Å². The Morgan fingerprint density at radius 3 is 2.73 bits per heavy atom. The minimum Gasteiger partial charge on any atom is -0.460 e. The highest BCUT2D eigenvalue weighted by Gasteiger charge is 2.17. The monoisotopic (exact) mass is 450 g/mol. The van der Waals surface area contributed by atoms with E-state index in [-0.39, 0.29) is 18.1 Å². The zero-order valence-corrected chi connectivity index (χ0v) is 16.5. The van der Waals surface area contributed by atoms with E-state index < -0.39 is 11.9 Å². The van der Waals surface area contributed by atoms with Crippen LogP contribution >= 0.6 is 38.6 Å². The number of thiazole rings is 1. The Hall–Kier alpha value is -2.08. The minimum absolute atomic E-state index is 0.0376. The van der Waals surface area contributed by atoms with Gasteiger partial charge < -0.3 is 4.74 Å². The molecule has 0 spiro atoms. The van der Waals surface area contributed by atoms with Gasteiger partial charge in [-0.05, 0) is 52.2 Å². The molecule has 4 nitrogen and oxygen atoms in total. The van der Waals surface area contributed by atoms with E-state index in [2.05, 4.69) is 27.0 Å². The smallest absolute Gasteiger partial charge is 0.357 e. The fourth-order valence-corrected chi connectivity index (χ4v) is 4.45. The lowest BCUT2D eigenvalue weighted by molar-refractivity contribution is 0.0462. The van der Waals surface area contributed by atoms with Crippen LogP contribution in [0.5, 0.6) is 0 Å². The number of benzene rings is 1. The number of halogens is 2. The maximum Gasteiger partial charge on any atom is 0.357 e. The molecule has 3 rings (SSSR count). The Kier molecular flexibility index (Phi) is 6.14. The normalized spacial score (nSPS) is 11.7. The van der Waals surface area contributed by atoms with Gasteiger partial charge in [-0.25, -0.2) is 14.2 Å². The molecule has 0 aliphatic carbocycles. The number of hydrogen-bond donors (Lipinski definition) is 0. The van der Waals surface area contributed by atoms with E-state index in [0.29, 0.717) is 6.42 Å². The van der Waals surface area contributed by atoms with Crippen molar-refractivity contribution in [2.45, 2.75) is 6.42 Å². The summed E-state index contributed by atoms with van der Waals surface area (Å²) in [6, 6.07) is 11.9. The zero-order valence-electron chi connectivity index (χ0n) is 13.3. The van der Waals surface area contributed by atoms with E-state index >= 15 is 0 Å². The first-order valence-electron chi connectivity index (χ1n) is 7.57. The van der Waals surface area contributed by atoms with Gasteiger partial charge in [-0.15, -0.1) is 22.7 Å². The highest BCUT2D eigenvalue weighted by atomic mass is 79.9. The third-order valence-electron chi connectivity index (χ3n) is 3.49. The van der Waals surface area contributed by atoms with E-state index in [1.54, 1.807) is 17.5 Å². The SMILES string of the molecule is N#CC(COC(=O)c1csc(-c2ccc(Br)s2)n1)Cc1ccc(F)cc1. The van der Waals surface area contributed by atoms with E-state index in [4.69, 9.17) is 4.74 Å². The molecule has 0 radical (unpaired) electrons. The molecule has 1 aromatic carbocycles. The second kappa shape index (κ2) is 8.54. The van der Waals surface area contributed by atoms with Crippen molar-refractivity contribution in [3.05, 3.63) is 62.6 Å². The second-order valence-electron chi connectivity index (χ2n) is 5.40. The van der Waals surface area contributed by atoms with Crippen molar-refractivity contribution in [1.29, 1.82) is 5.26 Å². The van der Waals surface area contributed by atoms with Crippen LogP contribution in [0.2, 0.25) is 0 Å². The summed E-state index contributed by atoms with van der Waals surface area (Å²) in [6.45, 7) is -0.0376. The molecule has 0 saturated carbocycles. The third kappa shape index (κ3) is 4.75. The first-order valence-corrected chi connectivity index (χ1v) is 10.1. The molecule has 2 heterocycles. The molecule has 1 unspecified atom stereocenters. The summed E-state index contributed by atoms with van der Waals surface area (Å²) in [5.74, 6) is -1.39. The van der Waals surface area contributed by atoms with Crippen LogP contribution in [0.4, 0.5) is 4.39 Å². The first-order chi connectivity index (χ1) is 12.5. The topological polar surface area (TPSA) is 63.0 Å². The number of thiophene rings is 1. The lowest BCUT2D eigenvalue weighted by Gasteiger charge is -2.09.